The molecule has 0 spiro atoms. The molecule has 0 aliphatic rings. The van der Waals surface area contributed by atoms with Crippen LogP contribution < -0.4 is 0 Å². The number of fused-ring (bicyclic) bond motifs is 1. The molecule has 0 unspecified atom stereocenters. The second-order valence-corrected chi connectivity index (χ2v) is 6.28. The summed E-state index contributed by atoms with van der Waals surface area (Å²) in [4.78, 5) is 10.9. The van der Waals surface area contributed by atoms with Crippen LogP contribution in [-0.2, 0) is 6.42 Å². The summed E-state index contributed by atoms with van der Waals surface area (Å²) in [5.74, 6) is 0. The van der Waals surface area contributed by atoms with Gasteiger partial charge in [-0.25, -0.2) is 0 Å². The first kappa shape index (κ1) is 16.7. The molecule has 0 N–H and O–H groups in total. The van der Waals surface area contributed by atoms with Crippen LogP contribution in [0.15, 0.2) is 36.4 Å². The summed E-state index contributed by atoms with van der Waals surface area (Å²) in [5.41, 5.74) is 2.15. The van der Waals surface area contributed by atoms with E-state index in [2.05, 4.69) is 25.1 Å². The molecular weight excluding hydrogens is 268 g/mol. The molecule has 0 bridgehead atoms. The van der Waals surface area contributed by atoms with E-state index in [1.54, 1.807) is 0 Å². The Bertz CT molecular complexity index is 585. The van der Waals surface area contributed by atoms with E-state index in [1.165, 1.54) is 67.7 Å². The first-order chi connectivity index (χ1) is 10.8. The standard InChI is InChI=1S/C21H28O/c1-2-3-4-5-6-7-8-9-10-18-11-13-20-14-12-19(17-22)16-21(20)15-18/h11-17H,2-10H2,1H3. The van der Waals surface area contributed by atoms with Gasteiger partial charge in [0, 0.05) is 5.56 Å². The van der Waals surface area contributed by atoms with Crippen molar-refractivity contribution in [2.75, 3.05) is 0 Å². The fourth-order valence-electron chi connectivity index (χ4n) is 3.01. The molecule has 0 amide bonds. The van der Waals surface area contributed by atoms with Crippen LogP contribution in [-0.4, -0.2) is 6.29 Å². The Labute approximate surface area is 134 Å². The molecule has 0 aromatic heterocycles. The number of unbranched alkanes of at least 4 members (excludes halogenated alkanes) is 7. The molecule has 2 aromatic carbocycles. The second kappa shape index (κ2) is 9.40. The maximum Gasteiger partial charge on any atom is 0.150 e. The summed E-state index contributed by atoms with van der Waals surface area (Å²) in [6.45, 7) is 2.27. The van der Waals surface area contributed by atoms with Crippen molar-refractivity contribution in [2.24, 2.45) is 0 Å². The number of benzene rings is 2. The number of hydrogen-bond donors (Lipinski definition) is 0. The Morgan fingerprint density at radius 2 is 1.45 bits per heavy atom. The van der Waals surface area contributed by atoms with Crippen molar-refractivity contribution in [3.8, 4) is 0 Å². The molecule has 118 valence electrons. The van der Waals surface area contributed by atoms with E-state index >= 15 is 0 Å². The van der Waals surface area contributed by atoms with Crippen molar-refractivity contribution in [1.29, 1.82) is 0 Å². The van der Waals surface area contributed by atoms with Crippen molar-refractivity contribution in [3.05, 3.63) is 47.5 Å². The van der Waals surface area contributed by atoms with Gasteiger partial charge in [-0.2, -0.15) is 0 Å². The number of aldehydes is 1. The molecule has 0 heterocycles. The van der Waals surface area contributed by atoms with Crippen molar-refractivity contribution in [3.63, 3.8) is 0 Å². The molecule has 0 radical (unpaired) electrons. The van der Waals surface area contributed by atoms with Crippen molar-refractivity contribution in [2.45, 2.75) is 64.7 Å². The van der Waals surface area contributed by atoms with E-state index in [0.29, 0.717) is 0 Å². The number of rotatable bonds is 10. The van der Waals surface area contributed by atoms with E-state index in [4.69, 9.17) is 0 Å². The van der Waals surface area contributed by atoms with Crippen LogP contribution in [0.5, 0.6) is 0 Å². The smallest absolute Gasteiger partial charge is 0.150 e. The minimum Gasteiger partial charge on any atom is -0.298 e. The van der Waals surface area contributed by atoms with Gasteiger partial charge in [-0.1, -0.05) is 82.2 Å². The monoisotopic (exact) mass is 296 g/mol. The molecule has 0 aliphatic carbocycles. The van der Waals surface area contributed by atoms with Gasteiger partial charge in [-0.05, 0) is 35.2 Å². The molecule has 0 saturated heterocycles. The van der Waals surface area contributed by atoms with E-state index in [1.807, 2.05) is 18.2 Å². The SMILES string of the molecule is CCCCCCCCCCc1ccc2ccc(C=O)cc2c1. The van der Waals surface area contributed by atoms with Gasteiger partial charge < -0.3 is 0 Å². The average molecular weight is 296 g/mol. The highest BCUT2D eigenvalue weighted by Crippen LogP contribution is 2.19. The third-order valence-electron chi connectivity index (χ3n) is 4.38. The third kappa shape index (κ3) is 5.29. The average Bonchev–Trinajstić information content (AvgIpc) is 2.56. The van der Waals surface area contributed by atoms with Crippen molar-refractivity contribution >= 4 is 17.1 Å². The van der Waals surface area contributed by atoms with Gasteiger partial charge in [-0.15, -0.1) is 0 Å². The Morgan fingerprint density at radius 3 is 2.18 bits per heavy atom. The second-order valence-electron chi connectivity index (χ2n) is 6.28. The van der Waals surface area contributed by atoms with Crippen LogP contribution in [0.1, 0.15) is 74.2 Å². The Kier molecular flexibility index (Phi) is 7.15. The van der Waals surface area contributed by atoms with Crippen LogP contribution in [0.3, 0.4) is 0 Å². The molecule has 2 rings (SSSR count). The highest BCUT2D eigenvalue weighted by atomic mass is 16.1. The highest BCUT2D eigenvalue weighted by Gasteiger charge is 1.99. The largest absolute Gasteiger partial charge is 0.298 e. The molecule has 0 saturated carbocycles. The van der Waals surface area contributed by atoms with Gasteiger partial charge in [0.2, 0.25) is 0 Å². The summed E-state index contributed by atoms with van der Waals surface area (Å²) in [5, 5.41) is 2.40. The first-order valence-corrected chi connectivity index (χ1v) is 8.81. The molecule has 0 fully saturated rings. The maximum atomic E-state index is 10.9. The number of aryl methyl sites for hydroxylation is 1. The van der Waals surface area contributed by atoms with Gasteiger partial charge >= 0.3 is 0 Å². The predicted octanol–water partition coefficient (Wildman–Crippen LogP) is 6.34. The molecule has 1 nitrogen and oxygen atoms in total. The molecule has 22 heavy (non-hydrogen) atoms. The Balaban J connectivity index is 1.76. The normalized spacial score (nSPS) is 11.0. The van der Waals surface area contributed by atoms with Crippen LogP contribution in [0.4, 0.5) is 0 Å². The van der Waals surface area contributed by atoms with Gasteiger partial charge in [0.25, 0.3) is 0 Å². The molecular formula is C21H28O. The first-order valence-electron chi connectivity index (χ1n) is 8.81. The van der Waals surface area contributed by atoms with Crippen LogP contribution in [0.25, 0.3) is 10.8 Å². The summed E-state index contributed by atoms with van der Waals surface area (Å²) in [7, 11) is 0. The van der Waals surface area contributed by atoms with Crippen molar-refractivity contribution < 1.29 is 4.79 Å². The minimum atomic E-state index is 0.761. The Hall–Kier alpha value is -1.63. The maximum absolute atomic E-state index is 10.9. The molecule has 0 atom stereocenters. The highest BCUT2D eigenvalue weighted by molar-refractivity contribution is 5.89. The lowest BCUT2D eigenvalue weighted by Gasteiger charge is -2.05. The van der Waals surface area contributed by atoms with Crippen LogP contribution in [0.2, 0.25) is 0 Å². The zero-order chi connectivity index (χ0) is 15.6. The fourth-order valence-corrected chi connectivity index (χ4v) is 3.01. The number of carbonyl (C=O) groups is 1. The quantitative estimate of drug-likeness (QED) is 0.369. The van der Waals surface area contributed by atoms with Crippen LogP contribution in [0, 0.1) is 0 Å². The van der Waals surface area contributed by atoms with Crippen molar-refractivity contribution in [1.82, 2.24) is 0 Å². The van der Waals surface area contributed by atoms with Gasteiger partial charge in [0.15, 0.2) is 0 Å². The van der Waals surface area contributed by atoms with E-state index in [0.717, 1.165) is 18.3 Å². The fraction of sp³-hybridized carbons (Fsp3) is 0.476. The Morgan fingerprint density at radius 1 is 0.773 bits per heavy atom. The van der Waals surface area contributed by atoms with E-state index in [9.17, 15) is 4.79 Å². The lowest BCUT2D eigenvalue weighted by molar-refractivity contribution is 0.112. The van der Waals surface area contributed by atoms with Gasteiger partial charge in [0.1, 0.15) is 6.29 Å². The molecule has 0 aliphatic heterocycles. The molecule has 2 aromatic rings. The summed E-state index contributed by atoms with van der Waals surface area (Å²) in [6, 6.07) is 12.5. The third-order valence-corrected chi connectivity index (χ3v) is 4.38. The summed E-state index contributed by atoms with van der Waals surface area (Å²) < 4.78 is 0. The zero-order valence-corrected chi connectivity index (χ0v) is 13.8. The van der Waals surface area contributed by atoms with Crippen LogP contribution >= 0.6 is 0 Å². The van der Waals surface area contributed by atoms with Gasteiger partial charge in [0.05, 0.1) is 0 Å². The topological polar surface area (TPSA) is 17.1 Å². The number of hydrogen-bond acceptors (Lipinski definition) is 1. The lowest BCUT2D eigenvalue weighted by Crippen LogP contribution is -1.88. The lowest BCUT2D eigenvalue weighted by atomic mass is 10.0. The zero-order valence-electron chi connectivity index (χ0n) is 13.8. The predicted molar refractivity (Wildman–Crippen MR) is 95.6 cm³/mol. The van der Waals surface area contributed by atoms with Gasteiger partial charge in [-0.3, -0.25) is 4.79 Å². The summed E-state index contributed by atoms with van der Waals surface area (Å²) >= 11 is 0. The minimum absolute atomic E-state index is 0.761. The van der Waals surface area contributed by atoms with E-state index < -0.39 is 0 Å². The van der Waals surface area contributed by atoms with E-state index in [-0.39, 0.29) is 0 Å². The molecule has 1 heteroatoms. The number of carbonyl (C=O) groups excluding carboxylic acids is 1. The summed E-state index contributed by atoms with van der Waals surface area (Å²) in [6.07, 6.45) is 12.9.